The molecule has 3 N–H and O–H groups in total. The Bertz CT molecular complexity index is 470. The van der Waals surface area contributed by atoms with Crippen molar-refractivity contribution in [3.05, 3.63) is 59.7 Å². The van der Waals surface area contributed by atoms with E-state index in [0.29, 0.717) is 0 Å². The van der Waals surface area contributed by atoms with E-state index >= 15 is 0 Å². The first-order valence-corrected chi connectivity index (χ1v) is 5.58. The van der Waals surface area contributed by atoms with Crippen molar-refractivity contribution in [3.8, 4) is 0 Å². The molecule has 0 fully saturated rings. The molecule has 0 aliphatic heterocycles. The van der Waals surface area contributed by atoms with Crippen LogP contribution in [0.15, 0.2) is 42.9 Å². The van der Waals surface area contributed by atoms with Crippen LogP contribution in [0.2, 0.25) is 0 Å². The second-order valence-corrected chi connectivity index (χ2v) is 3.96. The molecule has 0 aromatic carbocycles. The molecule has 2 rings (SSSR count). The monoisotopic (exact) mass is 228 g/mol. The van der Waals surface area contributed by atoms with Crippen LogP contribution >= 0.6 is 0 Å². The number of nitrogens with one attached hydrogen (secondary N) is 1. The van der Waals surface area contributed by atoms with Gasteiger partial charge in [0.05, 0.1) is 6.04 Å². The van der Waals surface area contributed by atoms with Crippen LogP contribution in [-0.4, -0.2) is 9.97 Å². The zero-order valence-corrected chi connectivity index (χ0v) is 9.80. The molecular formula is C13H16N4. The molecule has 0 bridgehead atoms. The normalized spacial score (nSPS) is 12.4. The van der Waals surface area contributed by atoms with Gasteiger partial charge >= 0.3 is 0 Å². The highest BCUT2D eigenvalue weighted by Gasteiger charge is 2.13. The lowest BCUT2D eigenvalue weighted by atomic mass is 9.99. The van der Waals surface area contributed by atoms with Crippen LogP contribution in [0.4, 0.5) is 0 Å². The van der Waals surface area contributed by atoms with Crippen molar-refractivity contribution < 1.29 is 0 Å². The molecule has 0 spiro atoms. The average Bonchev–Trinajstić information content (AvgIpc) is 2.38. The van der Waals surface area contributed by atoms with Gasteiger partial charge in [0.25, 0.3) is 0 Å². The fourth-order valence-corrected chi connectivity index (χ4v) is 1.88. The molecule has 2 heterocycles. The van der Waals surface area contributed by atoms with Gasteiger partial charge in [0.2, 0.25) is 0 Å². The maximum atomic E-state index is 5.62. The maximum Gasteiger partial charge on any atom is 0.0518 e. The Kier molecular flexibility index (Phi) is 3.80. The van der Waals surface area contributed by atoms with Gasteiger partial charge in [-0.25, -0.2) is 0 Å². The Balaban J connectivity index is 2.21. The molecule has 4 nitrogen and oxygen atoms in total. The third kappa shape index (κ3) is 2.87. The molecule has 0 amide bonds. The highest BCUT2D eigenvalue weighted by molar-refractivity contribution is 5.25. The van der Waals surface area contributed by atoms with Gasteiger partial charge in [0.15, 0.2) is 0 Å². The van der Waals surface area contributed by atoms with Crippen molar-refractivity contribution in [2.75, 3.05) is 0 Å². The van der Waals surface area contributed by atoms with Crippen molar-refractivity contribution in [2.45, 2.75) is 19.4 Å². The van der Waals surface area contributed by atoms with E-state index < -0.39 is 0 Å². The number of aryl methyl sites for hydroxylation is 1. The van der Waals surface area contributed by atoms with E-state index in [0.717, 1.165) is 23.2 Å². The topological polar surface area (TPSA) is 63.8 Å². The average molecular weight is 228 g/mol. The first-order chi connectivity index (χ1) is 8.31. The van der Waals surface area contributed by atoms with E-state index in [4.69, 9.17) is 5.84 Å². The fraction of sp³-hybridized carbons (Fsp3) is 0.231. The second kappa shape index (κ2) is 5.52. The van der Waals surface area contributed by atoms with Gasteiger partial charge in [-0.15, -0.1) is 0 Å². The van der Waals surface area contributed by atoms with Crippen LogP contribution in [0.25, 0.3) is 0 Å². The van der Waals surface area contributed by atoms with Gasteiger partial charge < -0.3 is 0 Å². The maximum absolute atomic E-state index is 5.62. The Morgan fingerprint density at radius 3 is 2.76 bits per heavy atom. The SMILES string of the molecule is Cc1ncccc1C(Cc1cccnc1)NN. The predicted octanol–water partition coefficient (Wildman–Crippen LogP) is 1.53. The van der Waals surface area contributed by atoms with Gasteiger partial charge in [-0.05, 0) is 36.6 Å². The molecule has 17 heavy (non-hydrogen) atoms. The lowest BCUT2D eigenvalue weighted by Gasteiger charge is -2.17. The molecule has 0 saturated heterocycles. The molecule has 0 saturated carbocycles. The summed E-state index contributed by atoms with van der Waals surface area (Å²) in [6.45, 7) is 1.99. The standard InChI is InChI=1S/C13H16N4/c1-10-12(5-3-7-16-10)13(17-14)8-11-4-2-6-15-9-11/h2-7,9,13,17H,8,14H2,1H3. The number of rotatable bonds is 4. The van der Waals surface area contributed by atoms with Gasteiger partial charge in [-0.2, -0.15) is 0 Å². The van der Waals surface area contributed by atoms with Crippen LogP contribution in [-0.2, 0) is 6.42 Å². The molecule has 2 aromatic rings. The smallest absolute Gasteiger partial charge is 0.0518 e. The van der Waals surface area contributed by atoms with Crippen molar-refractivity contribution in [3.63, 3.8) is 0 Å². The van der Waals surface area contributed by atoms with Crippen LogP contribution in [0.5, 0.6) is 0 Å². The highest BCUT2D eigenvalue weighted by atomic mass is 15.2. The zero-order valence-electron chi connectivity index (χ0n) is 9.80. The summed E-state index contributed by atoms with van der Waals surface area (Å²) >= 11 is 0. The number of pyridine rings is 2. The van der Waals surface area contributed by atoms with E-state index in [1.807, 2.05) is 37.4 Å². The summed E-state index contributed by atoms with van der Waals surface area (Å²) in [6, 6.07) is 8.01. The number of hydrazine groups is 1. The Morgan fingerprint density at radius 2 is 2.12 bits per heavy atom. The lowest BCUT2D eigenvalue weighted by Crippen LogP contribution is -2.30. The first kappa shape index (κ1) is 11.7. The van der Waals surface area contributed by atoms with Gasteiger partial charge in [-0.1, -0.05) is 12.1 Å². The van der Waals surface area contributed by atoms with E-state index in [1.54, 1.807) is 12.4 Å². The van der Waals surface area contributed by atoms with E-state index in [9.17, 15) is 0 Å². The van der Waals surface area contributed by atoms with Gasteiger partial charge in [-0.3, -0.25) is 21.2 Å². The van der Waals surface area contributed by atoms with Crippen LogP contribution in [0.1, 0.15) is 22.9 Å². The van der Waals surface area contributed by atoms with Gasteiger partial charge in [0, 0.05) is 24.3 Å². The summed E-state index contributed by atoms with van der Waals surface area (Å²) in [6.07, 6.45) is 6.22. The lowest BCUT2D eigenvalue weighted by molar-refractivity contribution is 0.546. The minimum Gasteiger partial charge on any atom is -0.271 e. The number of nitrogens with two attached hydrogens (primary N) is 1. The van der Waals surface area contributed by atoms with E-state index in [1.165, 1.54) is 0 Å². The van der Waals surface area contributed by atoms with E-state index in [2.05, 4.69) is 15.4 Å². The molecule has 1 unspecified atom stereocenters. The molecule has 88 valence electrons. The fourth-order valence-electron chi connectivity index (χ4n) is 1.88. The van der Waals surface area contributed by atoms with E-state index in [-0.39, 0.29) is 6.04 Å². The number of hydrogen-bond donors (Lipinski definition) is 2. The van der Waals surface area contributed by atoms with Crippen molar-refractivity contribution in [1.82, 2.24) is 15.4 Å². The largest absolute Gasteiger partial charge is 0.271 e. The van der Waals surface area contributed by atoms with Gasteiger partial charge in [0.1, 0.15) is 0 Å². The summed E-state index contributed by atoms with van der Waals surface area (Å²) in [5.74, 6) is 5.62. The predicted molar refractivity (Wildman–Crippen MR) is 67.0 cm³/mol. The van der Waals surface area contributed by atoms with Crippen LogP contribution in [0.3, 0.4) is 0 Å². The third-order valence-corrected chi connectivity index (χ3v) is 2.79. The van der Waals surface area contributed by atoms with Crippen LogP contribution in [0, 0.1) is 6.92 Å². The number of hydrogen-bond acceptors (Lipinski definition) is 4. The summed E-state index contributed by atoms with van der Waals surface area (Å²) < 4.78 is 0. The summed E-state index contributed by atoms with van der Waals surface area (Å²) in [4.78, 5) is 8.38. The van der Waals surface area contributed by atoms with Crippen molar-refractivity contribution in [1.29, 1.82) is 0 Å². The molecule has 0 aliphatic carbocycles. The molecule has 0 radical (unpaired) electrons. The summed E-state index contributed by atoms with van der Waals surface area (Å²) in [7, 11) is 0. The molecule has 2 aromatic heterocycles. The summed E-state index contributed by atoms with van der Waals surface area (Å²) in [5, 5.41) is 0. The third-order valence-electron chi connectivity index (χ3n) is 2.79. The molecule has 1 atom stereocenters. The highest BCUT2D eigenvalue weighted by Crippen LogP contribution is 2.19. The Morgan fingerprint density at radius 1 is 1.29 bits per heavy atom. The molecular weight excluding hydrogens is 212 g/mol. The Hall–Kier alpha value is -1.78. The summed E-state index contributed by atoms with van der Waals surface area (Å²) in [5.41, 5.74) is 6.11. The minimum absolute atomic E-state index is 0.0629. The number of aromatic nitrogens is 2. The zero-order chi connectivity index (χ0) is 12.1. The number of nitrogens with zero attached hydrogens (tertiary/aromatic N) is 2. The molecule has 4 heteroatoms. The second-order valence-electron chi connectivity index (χ2n) is 3.96. The minimum atomic E-state index is 0.0629. The van der Waals surface area contributed by atoms with Crippen LogP contribution < -0.4 is 11.3 Å². The first-order valence-electron chi connectivity index (χ1n) is 5.58. The quantitative estimate of drug-likeness (QED) is 0.615. The molecule has 0 aliphatic rings. The Labute approximate surface area is 101 Å². The van der Waals surface area contributed by atoms with Crippen molar-refractivity contribution >= 4 is 0 Å². The van der Waals surface area contributed by atoms with Crippen molar-refractivity contribution in [2.24, 2.45) is 5.84 Å².